The smallest absolute Gasteiger partial charge is 0.239 e. The lowest BCUT2D eigenvalue weighted by atomic mass is 10.1. The lowest BCUT2D eigenvalue weighted by Crippen LogP contribution is -2.44. The second kappa shape index (κ2) is 6.32. The molecule has 0 unspecified atom stereocenters. The first-order valence-corrected chi connectivity index (χ1v) is 8.35. The SMILES string of the molecule is Cc1ccc(N2CC[C@H](C(=O)N(C)[C@@H]3CCNC3)C2=O)cc1C. The van der Waals surface area contributed by atoms with Gasteiger partial charge in [-0.2, -0.15) is 0 Å². The summed E-state index contributed by atoms with van der Waals surface area (Å²) >= 11 is 0. The van der Waals surface area contributed by atoms with Gasteiger partial charge in [-0.15, -0.1) is 0 Å². The summed E-state index contributed by atoms with van der Waals surface area (Å²) in [7, 11) is 1.83. The van der Waals surface area contributed by atoms with Crippen LogP contribution in [0.1, 0.15) is 24.0 Å². The molecule has 0 bridgehead atoms. The van der Waals surface area contributed by atoms with E-state index < -0.39 is 5.92 Å². The fourth-order valence-corrected chi connectivity index (χ4v) is 3.45. The van der Waals surface area contributed by atoms with Crippen molar-refractivity contribution in [2.75, 3.05) is 31.6 Å². The van der Waals surface area contributed by atoms with Gasteiger partial charge in [-0.3, -0.25) is 9.59 Å². The molecular weight excluding hydrogens is 290 g/mol. The molecular formula is C18H25N3O2. The van der Waals surface area contributed by atoms with Crippen LogP contribution in [-0.4, -0.2) is 49.4 Å². The van der Waals surface area contributed by atoms with Crippen LogP contribution in [0.15, 0.2) is 18.2 Å². The lowest BCUT2D eigenvalue weighted by molar-refractivity contribution is -0.140. The van der Waals surface area contributed by atoms with Crippen molar-refractivity contribution < 1.29 is 9.59 Å². The van der Waals surface area contributed by atoms with Gasteiger partial charge >= 0.3 is 0 Å². The Labute approximate surface area is 137 Å². The number of carbonyl (C=O) groups excluding carboxylic acids is 2. The predicted molar refractivity (Wildman–Crippen MR) is 90.4 cm³/mol. The number of benzene rings is 1. The van der Waals surface area contributed by atoms with Crippen molar-refractivity contribution in [2.45, 2.75) is 32.7 Å². The molecule has 0 spiro atoms. The molecule has 0 aromatic heterocycles. The maximum Gasteiger partial charge on any atom is 0.239 e. The summed E-state index contributed by atoms with van der Waals surface area (Å²) in [6.07, 6.45) is 1.57. The van der Waals surface area contributed by atoms with Crippen LogP contribution < -0.4 is 10.2 Å². The lowest BCUT2D eigenvalue weighted by Gasteiger charge is -2.26. The molecule has 1 N–H and O–H groups in total. The molecule has 2 fully saturated rings. The summed E-state index contributed by atoms with van der Waals surface area (Å²) in [4.78, 5) is 28.9. The fraction of sp³-hybridized carbons (Fsp3) is 0.556. The van der Waals surface area contributed by atoms with E-state index in [1.165, 1.54) is 11.1 Å². The minimum Gasteiger partial charge on any atom is -0.341 e. The van der Waals surface area contributed by atoms with Crippen molar-refractivity contribution in [2.24, 2.45) is 5.92 Å². The molecule has 0 aliphatic carbocycles. The van der Waals surface area contributed by atoms with Crippen molar-refractivity contribution >= 4 is 17.5 Å². The van der Waals surface area contributed by atoms with Gasteiger partial charge in [-0.25, -0.2) is 0 Å². The van der Waals surface area contributed by atoms with Crippen molar-refractivity contribution in [3.8, 4) is 0 Å². The average molecular weight is 315 g/mol. The monoisotopic (exact) mass is 315 g/mol. The highest BCUT2D eigenvalue weighted by molar-refractivity contribution is 6.09. The van der Waals surface area contributed by atoms with Crippen LogP contribution in [0.4, 0.5) is 5.69 Å². The van der Waals surface area contributed by atoms with Crippen LogP contribution in [-0.2, 0) is 9.59 Å². The number of anilines is 1. The number of nitrogens with one attached hydrogen (secondary N) is 1. The molecule has 1 aromatic carbocycles. The zero-order valence-electron chi connectivity index (χ0n) is 14.1. The highest BCUT2D eigenvalue weighted by Gasteiger charge is 2.40. The Bertz CT molecular complexity index is 623. The second-order valence-corrected chi connectivity index (χ2v) is 6.70. The minimum atomic E-state index is -0.526. The number of likely N-dealkylation sites (N-methyl/N-ethyl adjacent to an activating group) is 1. The molecule has 124 valence electrons. The molecule has 5 nitrogen and oxygen atoms in total. The number of carbonyl (C=O) groups is 2. The van der Waals surface area contributed by atoms with Crippen LogP contribution in [0.5, 0.6) is 0 Å². The van der Waals surface area contributed by atoms with Gasteiger partial charge < -0.3 is 15.1 Å². The normalized spacial score (nSPS) is 24.3. The topological polar surface area (TPSA) is 52.7 Å². The molecule has 2 amide bonds. The standard InChI is InChI=1S/C18H25N3O2/c1-12-4-5-14(10-13(12)2)21-9-7-16(18(21)23)17(22)20(3)15-6-8-19-11-15/h4-5,10,15-16,19H,6-9,11H2,1-3H3/t15-,16-/m1/s1. The van der Waals surface area contributed by atoms with Crippen LogP contribution >= 0.6 is 0 Å². The van der Waals surface area contributed by atoms with Gasteiger partial charge in [-0.1, -0.05) is 6.07 Å². The van der Waals surface area contributed by atoms with E-state index in [2.05, 4.69) is 12.2 Å². The Morgan fingerprint density at radius 3 is 2.70 bits per heavy atom. The number of rotatable bonds is 3. The van der Waals surface area contributed by atoms with Gasteiger partial charge in [0.05, 0.1) is 0 Å². The van der Waals surface area contributed by atoms with E-state index in [-0.39, 0.29) is 17.9 Å². The molecule has 5 heteroatoms. The zero-order chi connectivity index (χ0) is 16.6. The summed E-state index contributed by atoms with van der Waals surface area (Å²) in [5, 5.41) is 3.27. The highest BCUT2D eigenvalue weighted by atomic mass is 16.2. The largest absolute Gasteiger partial charge is 0.341 e. The maximum absolute atomic E-state index is 12.7. The zero-order valence-corrected chi connectivity index (χ0v) is 14.1. The molecule has 1 aromatic rings. The third-order valence-corrected chi connectivity index (χ3v) is 5.24. The minimum absolute atomic E-state index is 0.0324. The second-order valence-electron chi connectivity index (χ2n) is 6.70. The van der Waals surface area contributed by atoms with Crippen LogP contribution in [0.2, 0.25) is 0 Å². The Morgan fingerprint density at radius 2 is 2.04 bits per heavy atom. The summed E-state index contributed by atoms with van der Waals surface area (Å²) in [5.74, 6) is -0.617. The first kappa shape index (κ1) is 16.0. The quantitative estimate of drug-likeness (QED) is 0.860. The van der Waals surface area contributed by atoms with E-state index in [9.17, 15) is 9.59 Å². The van der Waals surface area contributed by atoms with Gasteiger partial charge in [0.25, 0.3) is 0 Å². The maximum atomic E-state index is 12.7. The first-order chi connectivity index (χ1) is 11.0. The van der Waals surface area contributed by atoms with Gasteiger partial charge in [0, 0.05) is 31.9 Å². The predicted octanol–water partition coefficient (Wildman–Crippen LogP) is 1.48. The van der Waals surface area contributed by atoms with E-state index in [4.69, 9.17) is 0 Å². The third-order valence-electron chi connectivity index (χ3n) is 5.24. The van der Waals surface area contributed by atoms with Crippen molar-refractivity contribution in [3.63, 3.8) is 0 Å². The number of amides is 2. The number of aryl methyl sites for hydroxylation is 2. The summed E-state index contributed by atoms with van der Waals surface area (Å²) in [6, 6.07) is 6.25. The van der Waals surface area contributed by atoms with Crippen LogP contribution in [0.25, 0.3) is 0 Å². The molecule has 2 aliphatic heterocycles. The van der Waals surface area contributed by atoms with Gasteiger partial charge in [0.1, 0.15) is 5.92 Å². The van der Waals surface area contributed by atoms with E-state index >= 15 is 0 Å². The van der Waals surface area contributed by atoms with E-state index in [1.807, 2.05) is 32.2 Å². The van der Waals surface area contributed by atoms with Gasteiger partial charge in [0.15, 0.2) is 0 Å². The summed E-state index contributed by atoms with van der Waals surface area (Å²) in [5.41, 5.74) is 3.28. The van der Waals surface area contributed by atoms with Crippen molar-refractivity contribution in [1.82, 2.24) is 10.2 Å². The van der Waals surface area contributed by atoms with Crippen LogP contribution in [0, 0.1) is 19.8 Å². The molecule has 2 saturated heterocycles. The van der Waals surface area contributed by atoms with E-state index in [0.717, 1.165) is 25.2 Å². The number of hydrogen-bond donors (Lipinski definition) is 1. The Kier molecular flexibility index (Phi) is 4.39. The molecule has 0 radical (unpaired) electrons. The van der Waals surface area contributed by atoms with Crippen molar-refractivity contribution in [1.29, 1.82) is 0 Å². The summed E-state index contributed by atoms with van der Waals surface area (Å²) in [6.45, 7) is 6.49. The number of nitrogens with zero attached hydrogens (tertiary/aromatic N) is 2. The fourth-order valence-electron chi connectivity index (χ4n) is 3.45. The molecule has 23 heavy (non-hydrogen) atoms. The third kappa shape index (κ3) is 2.98. The highest BCUT2D eigenvalue weighted by Crippen LogP contribution is 2.28. The first-order valence-electron chi connectivity index (χ1n) is 8.35. The Morgan fingerprint density at radius 1 is 1.26 bits per heavy atom. The Hall–Kier alpha value is -1.88. The average Bonchev–Trinajstić information content (AvgIpc) is 3.18. The molecule has 3 rings (SSSR count). The molecule has 0 saturated carbocycles. The van der Waals surface area contributed by atoms with Gasteiger partial charge in [-0.05, 0) is 56.5 Å². The van der Waals surface area contributed by atoms with Crippen LogP contribution in [0.3, 0.4) is 0 Å². The molecule has 2 atom stereocenters. The Balaban J connectivity index is 1.73. The van der Waals surface area contributed by atoms with E-state index in [0.29, 0.717) is 13.0 Å². The van der Waals surface area contributed by atoms with E-state index in [1.54, 1.807) is 9.80 Å². The van der Waals surface area contributed by atoms with Gasteiger partial charge in [0.2, 0.25) is 11.8 Å². The van der Waals surface area contributed by atoms with Crippen molar-refractivity contribution in [3.05, 3.63) is 29.3 Å². The molecule has 2 aliphatic rings. The number of hydrogen-bond acceptors (Lipinski definition) is 3. The summed E-state index contributed by atoms with van der Waals surface area (Å²) < 4.78 is 0. The molecule has 2 heterocycles.